The van der Waals surface area contributed by atoms with Crippen molar-refractivity contribution in [1.29, 1.82) is 0 Å². The molecule has 0 aliphatic heterocycles. The first-order valence-electron chi connectivity index (χ1n) is 5.50. The predicted octanol–water partition coefficient (Wildman–Crippen LogP) is 2.29. The number of carboxylic acid groups (broad SMARTS) is 1. The number of hydrogen-bond acceptors (Lipinski definition) is 2. The molecular weight excluding hydrogens is 176 g/mol. The summed E-state index contributed by atoms with van der Waals surface area (Å²) >= 11 is 0. The highest BCUT2D eigenvalue weighted by atomic mass is 16.4. The van der Waals surface area contributed by atoms with Crippen LogP contribution in [-0.4, -0.2) is 5.97 Å². The lowest BCUT2D eigenvalue weighted by Crippen LogP contribution is -2.29. The third-order valence-electron chi connectivity index (χ3n) is 2.40. The molecule has 14 heavy (non-hydrogen) atoms. The van der Waals surface area contributed by atoms with Crippen molar-refractivity contribution < 1.29 is 9.90 Å². The number of allylic oxidation sites excluding steroid dienone is 2. The second-order valence-corrected chi connectivity index (χ2v) is 3.78. The van der Waals surface area contributed by atoms with Crippen LogP contribution in [0.3, 0.4) is 0 Å². The number of carbonyl (C=O) groups is 1. The van der Waals surface area contributed by atoms with Crippen molar-refractivity contribution in [3.05, 3.63) is 12.2 Å². The fourth-order valence-corrected chi connectivity index (χ4v) is 1.35. The largest absolute Gasteiger partial charge is 0.550 e. The second-order valence-electron chi connectivity index (χ2n) is 3.78. The summed E-state index contributed by atoms with van der Waals surface area (Å²) < 4.78 is 0. The van der Waals surface area contributed by atoms with Crippen molar-refractivity contribution in [2.45, 2.75) is 52.4 Å². The quantitative estimate of drug-likeness (QED) is 0.442. The minimum Gasteiger partial charge on any atom is -0.550 e. The first-order valence-corrected chi connectivity index (χ1v) is 5.50. The van der Waals surface area contributed by atoms with E-state index < -0.39 is 5.97 Å². The maximum absolute atomic E-state index is 10.4. The van der Waals surface area contributed by atoms with Crippen molar-refractivity contribution >= 4 is 5.97 Å². The van der Waals surface area contributed by atoms with Gasteiger partial charge in [-0.25, -0.2) is 0 Å². The number of unbranched alkanes of at least 4 members (excludes halogenated alkanes) is 4. The summed E-state index contributed by atoms with van der Waals surface area (Å²) in [7, 11) is 0. The minimum absolute atomic E-state index is 0.287. The highest BCUT2D eigenvalue weighted by molar-refractivity contribution is 5.66. The summed E-state index contributed by atoms with van der Waals surface area (Å²) in [5.41, 5.74) is 0. The first-order chi connectivity index (χ1) is 6.68. The minimum atomic E-state index is -0.918. The second kappa shape index (κ2) is 8.79. The van der Waals surface area contributed by atoms with E-state index in [0.29, 0.717) is 0 Å². The highest BCUT2D eigenvalue weighted by Gasteiger charge is 2.01. The molecule has 0 saturated carbocycles. The lowest BCUT2D eigenvalue weighted by Gasteiger charge is -2.11. The van der Waals surface area contributed by atoms with Gasteiger partial charge in [0.15, 0.2) is 0 Å². The maximum Gasteiger partial charge on any atom is 0.0442 e. The molecule has 0 heterocycles. The SMILES string of the molecule is C/C=C/CCCCCCC(C)C(=O)[O-]. The zero-order chi connectivity index (χ0) is 10.8. The Kier molecular flexibility index (Phi) is 8.30. The topological polar surface area (TPSA) is 40.1 Å². The van der Waals surface area contributed by atoms with E-state index in [2.05, 4.69) is 12.2 Å². The van der Waals surface area contributed by atoms with Crippen molar-refractivity contribution in [2.24, 2.45) is 5.92 Å². The van der Waals surface area contributed by atoms with Crippen LogP contribution in [0.25, 0.3) is 0 Å². The van der Waals surface area contributed by atoms with Gasteiger partial charge in [-0.05, 0) is 32.1 Å². The molecular formula is C12H21O2-. The number of carbonyl (C=O) groups excluding carboxylic acids is 1. The van der Waals surface area contributed by atoms with Crippen LogP contribution in [0.2, 0.25) is 0 Å². The number of aliphatic carboxylic acids is 1. The smallest absolute Gasteiger partial charge is 0.0442 e. The predicted molar refractivity (Wildman–Crippen MR) is 56.7 cm³/mol. The third-order valence-corrected chi connectivity index (χ3v) is 2.40. The van der Waals surface area contributed by atoms with Gasteiger partial charge in [0.2, 0.25) is 0 Å². The fourth-order valence-electron chi connectivity index (χ4n) is 1.35. The van der Waals surface area contributed by atoms with Gasteiger partial charge in [0.25, 0.3) is 0 Å². The fraction of sp³-hybridized carbons (Fsp3) is 0.750. The molecule has 0 aliphatic rings. The Morgan fingerprint density at radius 2 is 1.93 bits per heavy atom. The van der Waals surface area contributed by atoms with Crippen LogP contribution < -0.4 is 5.11 Å². The molecule has 0 radical (unpaired) electrons. The molecule has 2 nitrogen and oxygen atoms in total. The molecule has 0 spiro atoms. The molecule has 0 N–H and O–H groups in total. The molecule has 1 atom stereocenters. The average molecular weight is 197 g/mol. The Labute approximate surface area is 87.0 Å². The Hall–Kier alpha value is -0.790. The Balaban J connectivity index is 3.17. The van der Waals surface area contributed by atoms with Gasteiger partial charge in [0, 0.05) is 5.97 Å². The van der Waals surface area contributed by atoms with E-state index in [1.165, 1.54) is 12.8 Å². The number of carboxylic acids is 1. The summed E-state index contributed by atoms with van der Waals surface area (Å²) in [5.74, 6) is -1.20. The van der Waals surface area contributed by atoms with Crippen molar-refractivity contribution in [3.8, 4) is 0 Å². The van der Waals surface area contributed by atoms with Crippen molar-refractivity contribution in [3.63, 3.8) is 0 Å². The first kappa shape index (κ1) is 13.2. The third kappa shape index (κ3) is 7.84. The Morgan fingerprint density at radius 1 is 1.29 bits per heavy atom. The molecule has 0 amide bonds. The van der Waals surface area contributed by atoms with Gasteiger partial charge >= 0.3 is 0 Å². The van der Waals surface area contributed by atoms with E-state index in [9.17, 15) is 9.90 Å². The lowest BCUT2D eigenvalue weighted by molar-refractivity contribution is -0.311. The van der Waals surface area contributed by atoms with Crippen LogP contribution in [0.15, 0.2) is 12.2 Å². The van der Waals surface area contributed by atoms with Crippen LogP contribution in [0.5, 0.6) is 0 Å². The molecule has 0 aromatic rings. The zero-order valence-electron chi connectivity index (χ0n) is 9.29. The molecule has 0 rings (SSSR count). The van der Waals surface area contributed by atoms with Crippen LogP contribution in [0, 0.1) is 5.92 Å². The molecule has 0 fully saturated rings. The monoisotopic (exact) mass is 197 g/mol. The van der Waals surface area contributed by atoms with Gasteiger partial charge in [-0.15, -0.1) is 0 Å². The molecule has 0 aromatic carbocycles. The molecule has 0 aliphatic carbocycles. The summed E-state index contributed by atoms with van der Waals surface area (Å²) in [5, 5.41) is 10.4. The molecule has 82 valence electrons. The van der Waals surface area contributed by atoms with E-state index in [0.717, 1.165) is 25.7 Å². The van der Waals surface area contributed by atoms with E-state index in [1.54, 1.807) is 6.92 Å². The average Bonchev–Trinajstić information content (AvgIpc) is 2.16. The van der Waals surface area contributed by atoms with Gasteiger partial charge in [0.05, 0.1) is 0 Å². The van der Waals surface area contributed by atoms with Gasteiger partial charge in [-0.1, -0.05) is 38.3 Å². The normalized spacial score (nSPS) is 13.3. The Morgan fingerprint density at radius 3 is 2.50 bits per heavy atom. The van der Waals surface area contributed by atoms with Gasteiger partial charge in [0.1, 0.15) is 0 Å². The molecule has 1 unspecified atom stereocenters. The molecule has 0 aromatic heterocycles. The molecule has 2 heteroatoms. The van der Waals surface area contributed by atoms with Crippen LogP contribution >= 0.6 is 0 Å². The van der Waals surface area contributed by atoms with E-state index >= 15 is 0 Å². The summed E-state index contributed by atoms with van der Waals surface area (Å²) in [6.45, 7) is 3.75. The van der Waals surface area contributed by atoms with E-state index in [4.69, 9.17) is 0 Å². The van der Waals surface area contributed by atoms with E-state index in [-0.39, 0.29) is 5.92 Å². The van der Waals surface area contributed by atoms with Gasteiger partial charge in [-0.2, -0.15) is 0 Å². The van der Waals surface area contributed by atoms with E-state index in [1.807, 2.05) is 6.92 Å². The number of rotatable bonds is 8. The van der Waals surface area contributed by atoms with Crippen LogP contribution in [0.1, 0.15) is 52.4 Å². The summed E-state index contributed by atoms with van der Waals surface area (Å²) in [6.07, 6.45) is 10.7. The molecule has 0 saturated heterocycles. The zero-order valence-corrected chi connectivity index (χ0v) is 9.29. The van der Waals surface area contributed by atoms with Gasteiger partial charge in [-0.3, -0.25) is 0 Å². The van der Waals surface area contributed by atoms with Crippen molar-refractivity contribution in [2.75, 3.05) is 0 Å². The highest BCUT2D eigenvalue weighted by Crippen LogP contribution is 2.10. The van der Waals surface area contributed by atoms with Crippen LogP contribution in [0.4, 0.5) is 0 Å². The maximum atomic E-state index is 10.4. The van der Waals surface area contributed by atoms with Crippen LogP contribution in [-0.2, 0) is 4.79 Å². The summed E-state index contributed by atoms with van der Waals surface area (Å²) in [6, 6.07) is 0. The van der Waals surface area contributed by atoms with Crippen molar-refractivity contribution in [1.82, 2.24) is 0 Å². The molecule has 0 bridgehead atoms. The summed E-state index contributed by atoms with van der Waals surface area (Å²) in [4.78, 5) is 10.4. The Bertz CT molecular complexity index is 173. The van der Waals surface area contributed by atoms with Gasteiger partial charge < -0.3 is 9.90 Å². The standard InChI is InChI=1S/C12H22O2/c1-3-4-5-6-7-8-9-10-11(2)12(13)14/h3-4,11H,5-10H2,1-2H3,(H,13,14)/p-1/b4-3+. The number of hydrogen-bond donors (Lipinski definition) is 0. The lowest BCUT2D eigenvalue weighted by atomic mass is 10.0.